The molecule has 98 valence electrons. The Hall–Kier alpha value is -2.80. The summed E-state index contributed by atoms with van der Waals surface area (Å²) < 4.78 is 0. The molecule has 0 amide bonds. The summed E-state index contributed by atoms with van der Waals surface area (Å²) in [6.45, 7) is 0.744. The summed E-state index contributed by atoms with van der Waals surface area (Å²) in [7, 11) is 0. The highest BCUT2D eigenvalue weighted by Gasteiger charge is 2.04. The molecule has 2 aromatic heterocycles. The Labute approximate surface area is 117 Å². The van der Waals surface area contributed by atoms with E-state index in [1.54, 1.807) is 18.3 Å². The zero-order valence-corrected chi connectivity index (χ0v) is 10.9. The average Bonchev–Trinajstić information content (AvgIpc) is 2.91. The number of nitriles is 1. The number of nitrogens with zero attached hydrogens (tertiary/aromatic N) is 2. The molecule has 0 atom stereocenters. The van der Waals surface area contributed by atoms with Gasteiger partial charge in [-0.2, -0.15) is 5.26 Å². The minimum atomic E-state index is 0.575. The fraction of sp³-hybridized carbons (Fsp3) is 0.125. The molecule has 0 aliphatic heterocycles. The van der Waals surface area contributed by atoms with Crippen LogP contribution in [0.1, 0.15) is 11.1 Å². The number of pyridine rings is 1. The van der Waals surface area contributed by atoms with Crippen molar-refractivity contribution in [2.24, 2.45) is 0 Å². The second-order valence-electron chi connectivity index (χ2n) is 4.55. The summed E-state index contributed by atoms with van der Waals surface area (Å²) in [6.07, 6.45) is 4.61. The van der Waals surface area contributed by atoms with Crippen LogP contribution in [0.15, 0.2) is 48.8 Å². The van der Waals surface area contributed by atoms with Crippen LogP contribution in [0.4, 0.5) is 5.82 Å². The largest absolute Gasteiger partial charge is 0.369 e. The standard InChI is InChI=1S/C16H14N4/c17-10-12-4-3-8-18-16(12)19-9-7-13-11-20-15-6-2-1-5-14(13)15/h1-6,8,11,20H,7,9H2,(H,18,19). The Morgan fingerprint density at radius 1 is 1.20 bits per heavy atom. The van der Waals surface area contributed by atoms with Gasteiger partial charge in [0.15, 0.2) is 0 Å². The Balaban J connectivity index is 1.70. The van der Waals surface area contributed by atoms with Gasteiger partial charge < -0.3 is 10.3 Å². The van der Waals surface area contributed by atoms with Gasteiger partial charge in [-0.05, 0) is 30.2 Å². The van der Waals surface area contributed by atoms with Crippen molar-refractivity contribution in [3.05, 3.63) is 59.9 Å². The number of benzene rings is 1. The number of H-pyrrole nitrogens is 1. The van der Waals surface area contributed by atoms with Crippen LogP contribution in [0.3, 0.4) is 0 Å². The summed E-state index contributed by atoms with van der Waals surface area (Å²) in [4.78, 5) is 7.45. The van der Waals surface area contributed by atoms with Crippen molar-refractivity contribution in [3.8, 4) is 6.07 Å². The first-order chi connectivity index (χ1) is 9.88. The first-order valence-corrected chi connectivity index (χ1v) is 6.52. The number of aromatic nitrogens is 2. The summed E-state index contributed by atoms with van der Waals surface area (Å²) in [5.41, 5.74) is 2.99. The van der Waals surface area contributed by atoms with Crippen molar-refractivity contribution >= 4 is 16.7 Å². The fourth-order valence-corrected chi connectivity index (χ4v) is 2.29. The third-order valence-corrected chi connectivity index (χ3v) is 3.29. The molecule has 4 nitrogen and oxygen atoms in total. The smallest absolute Gasteiger partial charge is 0.143 e. The quantitative estimate of drug-likeness (QED) is 0.759. The molecule has 0 bridgehead atoms. The maximum atomic E-state index is 9.01. The van der Waals surface area contributed by atoms with E-state index in [1.165, 1.54) is 10.9 Å². The highest BCUT2D eigenvalue weighted by molar-refractivity contribution is 5.83. The fourth-order valence-electron chi connectivity index (χ4n) is 2.29. The predicted molar refractivity (Wildman–Crippen MR) is 79.4 cm³/mol. The molecule has 0 unspecified atom stereocenters. The van der Waals surface area contributed by atoms with Gasteiger partial charge in [0, 0.05) is 29.8 Å². The van der Waals surface area contributed by atoms with E-state index in [2.05, 4.69) is 33.5 Å². The van der Waals surface area contributed by atoms with Gasteiger partial charge in [-0.1, -0.05) is 18.2 Å². The lowest BCUT2D eigenvalue weighted by molar-refractivity contribution is 1.01. The second kappa shape index (κ2) is 5.45. The number of rotatable bonds is 4. The molecule has 0 aliphatic rings. The van der Waals surface area contributed by atoms with Crippen LogP contribution in [0.2, 0.25) is 0 Å². The third kappa shape index (κ3) is 2.34. The molecule has 4 heteroatoms. The van der Waals surface area contributed by atoms with E-state index < -0.39 is 0 Å². The SMILES string of the molecule is N#Cc1cccnc1NCCc1c[nH]c2ccccc12. The van der Waals surface area contributed by atoms with Crippen LogP contribution >= 0.6 is 0 Å². The second-order valence-corrected chi connectivity index (χ2v) is 4.55. The van der Waals surface area contributed by atoms with Crippen molar-refractivity contribution in [1.29, 1.82) is 5.26 Å². The molecule has 2 N–H and O–H groups in total. The number of hydrogen-bond acceptors (Lipinski definition) is 3. The first kappa shape index (κ1) is 12.2. The van der Waals surface area contributed by atoms with Crippen molar-refractivity contribution in [2.75, 3.05) is 11.9 Å². The van der Waals surface area contributed by atoms with Gasteiger partial charge >= 0.3 is 0 Å². The Bertz CT molecular complexity index is 767. The molecular formula is C16H14N4. The highest BCUT2D eigenvalue weighted by atomic mass is 15.0. The van der Waals surface area contributed by atoms with Crippen molar-refractivity contribution in [2.45, 2.75) is 6.42 Å². The maximum absolute atomic E-state index is 9.01. The highest BCUT2D eigenvalue weighted by Crippen LogP contribution is 2.18. The number of nitrogens with one attached hydrogen (secondary N) is 2. The zero-order chi connectivity index (χ0) is 13.8. The number of fused-ring (bicyclic) bond motifs is 1. The van der Waals surface area contributed by atoms with Gasteiger partial charge in [-0.3, -0.25) is 0 Å². The van der Waals surface area contributed by atoms with Gasteiger partial charge in [0.05, 0.1) is 5.56 Å². The molecule has 3 aromatic rings. The first-order valence-electron chi connectivity index (χ1n) is 6.52. The Morgan fingerprint density at radius 2 is 2.10 bits per heavy atom. The lowest BCUT2D eigenvalue weighted by atomic mass is 10.1. The van der Waals surface area contributed by atoms with Gasteiger partial charge in [0.1, 0.15) is 11.9 Å². The molecule has 2 heterocycles. The van der Waals surface area contributed by atoms with E-state index in [9.17, 15) is 0 Å². The number of para-hydroxylation sites is 1. The summed E-state index contributed by atoms with van der Waals surface area (Å²) in [5, 5.41) is 13.5. The molecule has 0 saturated carbocycles. The molecule has 0 fully saturated rings. The van der Waals surface area contributed by atoms with Crippen LogP contribution in [0, 0.1) is 11.3 Å². The third-order valence-electron chi connectivity index (χ3n) is 3.29. The predicted octanol–water partition coefficient (Wildman–Crippen LogP) is 3.09. The lowest BCUT2D eigenvalue weighted by Crippen LogP contribution is -2.07. The molecule has 3 rings (SSSR count). The van der Waals surface area contributed by atoms with E-state index in [4.69, 9.17) is 5.26 Å². The van der Waals surface area contributed by atoms with Crippen molar-refractivity contribution < 1.29 is 0 Å². The molecule has 0 aliphatic carbocycles. The minimum Gasteiger partial charge on any atom is -0.369 e. The summed E-state index contributed by atoms with van der Waals surface area (Å²) >= 11 is 0. The number of anilines is 1. The van der Waals surface area contributed by atoms with Crippen molar-refractivity contribution in [3.63, 3.8) is 0 Å². The van der Waals surface area contributed by atoms with Gasteiger partial charge in [-0.25, -0.2) is 4.98 Å². The lowest BCUT2D eigenvalue weighted by Gasteiger charge is -2.06. The van der Waals surface area contributed by atoms with Gasteiger partial charge in [-0.15, -0.1) is 0 Å². The summed E-state index contributed by atoms with van der Waals surface area (Å²) in [6, 6.07) is 13.9. The molecule has 0 radical (unpaired) electrons. The van der Waals surface area contributed by atoms with E-state index in [0.717, 1.165) is 18.5 Å². The zero-order valence-electron chi connectivity index (χ0n) is 10.9. The molecule has 0 spiro atoms. The van der Waals surface area contributed by atoms with Crippen LogP contribution in [0.25, 0.3) is 10.9 Å². The van der Waals surface area contributed by atoms with Crippen LogP contribution in [0.5, 0.6) is 0 Å². The Kier molecular flexibility index (Phi) is 3.34. The summed E-state index contributed by atoms with van der Waals surface area (Å²) in [5.74, 6) is 0.648. The topological polar surface area (TPSA) is 64.5 Å². The van der Waals surface area contributed by atoms with Crippen LogP contribution in [-0.4, -0.2) is 16.5 Å². The molecular weight excluding hydrogens is 248 g/mol. The normalized spacial score (nSPS) is 10.3. The number of hydrogen-bond donors (Lipinski definition) is 2. The van der Waals surface area contributed by atoms with Crippen molar-refractivity contribution in [1.82, 2.24) is 9.97 Å². The van der Waals surface area contributed by atoms with E-state index >= 15 is 0 Å². The average molecular weight is 262 g/mol. The minimum absolute atomic E-state index is 0.575. The Morgan fingerprint density at radius 3 is 3.00 bits per heavy atom. The van der Waals surface area contributed by atoms with Crippen LogP contribution < -0.4 is 5.32 Å². The maximum Gasteiger partial charge on any atom is 0.143 e. The molecule has 20 heavy (non-hydrogen) atoms. The van der Waals surface area contributed by atoms with E-state index in [1.807, 2.05) is 18.3 Å². The van der Waals surface area contributed by atoms with E-state index in [0.29, 0.717) is 11.4 Å². The molecule has 0 saturated heterocycles. The van der Waals surface area contributed by atoms with Gasteiger partial charge in [0.25, 0.3) is 0 Å². The monoisotopic (exact) mass is 262 g/mol. The van der Waals surface area contributed by atoms with E-state index in [-0.39, 0.29) is 0 Å². The number of aromatic amines is 1. The van der Waals surface area contributed by atoms with Gasteiger partial charge in [0.2, 0.25) is 0 Å². The molecule has 1 aromatic carbocycles. The van der Waals surface area contributed by atoms with Crippen LogP contribution in [-0.2, 0) is 6.42 Å².